The maximum absolute atomic E-state index is 11.1. The van der Waals surface area contributed by atoms with Crippen molar-refractivity contribution in [3.8, 4) is 0 Å². The predicted molar refractivity (Wildman–Crippen MR) is 52.6 cm³/mol. The lowest BCUT2D eigenvalue weighted by Crippen LogP contribution is -2.25. The summed E-state index contributed by atoms with van der Waals surface area (Å²) in [5.74, 6) is 0.600. The number of rotatable bonds is 3. The monoisotopic (exact) mass is 184 g/mol. The SMILES string of the molecule is CC(C)CC1(C=O)CCCOCC1. The van der Waals surface area contributed by atoms with Gasteiger partial charge in [0.2, 0.25) is 0 Å². The van der Waals surface area contributed by atoms with Crippen molar-refractivity contribution in [2.45, 2.75) is 39.5 Å². The highest BCUT2D eigenvalue weighted by atomic mass is 16.5. The van der Waals surface area contributed by atoms with Crippen molar-refractivity contribution in [2.75, 3.05) is 13.2 Å². The van der Waals surface area contributed by atoms with Gasteiger partial charge >= 0.3 is 0 Å². The molecule has 1 aliphatic heterocycles. The number of carbonyl (C=O) groups is 1. The van der Waals surface area contributed by atoms with E-state index in [4.69, 9.17) is 4.74 Å². The van der Waals surface area contributed by atoms with Gasteiger partial charge in [-0.25, -0.2) is 0 Å². The van der Waals surface area contributed by atoms with Gasteiger partial charge in [-0.3, -0.25) is 0 Å². The van der Waals surface area contributed by atoms with E-state index >= 15 is 0 Å². The molecular formula is C11H20O2. The Morgan fingerprint density at radius 1 is 1.38 bits per heavy atom. The first-order valence-corrected chi connectivity index (χ1v) is 5.23. The Bertz CT molecular complexity index is 155. The lowest BCUT2D eigenvalue weighted by atomic mass is 9.76. The van der Waals surface area contributed by atoms with Crippen LogP contribution in [0.3, 0.4) is 0 Å². The molecule has 1 saturated heterocycles. The Hall–Kier alpha value is -0.370. The predicted octanol–water partition coefficient (Wildman–Crippen LogP) is 2.42. The van der Waals surface area contributed by atoms with Gasteiger partial charge in [-0.2, -0.15) is 0 Å². The third-order valence-corrected chi connectivity index (χ3v) is 2.77. The second-order valence-corrected chi connectivity index (χ2v) is 4.54. The summed E-state index contributed by atoms with van der Waals surface area (Å²) < 4.78 is 5.37. The number of ether oxygens (including phenoxy) is 1. The highest BCUT2D eigenvalue weighted by Crippen LogP contribution is 2.34. The van der Waals surface area contributed by atoms with E-state index in [-0.39, 0.29) is 5.41 Å². The molecule has 2 heteroatoms. The average molecular weight is 184 g/mol. The molecule has 0 spiro atoms. The summed E-state index contributed by atoms with van der Waals surface area (Å²) in [6.45, 7) is 5.94. The van der Waals surface area contributed by atoms with Crippen LogP contribution in [0.4, 0.5) is 0 Å². The summed E-state index contributed by atoms with van der Waals surface area (Å²) in [4.78, 5) is 11.1. The Morgan fingerprint density at radius 3 is 2.77 bits per heavy atom. The van der Waals surface area contributed by atoms with E-state index in [0.717, 1.165) is 38.9 Å². The average Bonchev–Trinajstić information content (AvgIpc) is 2.30. The fourth-order valence-corrected chi connectivity index (χ4v) is 2.21. The van der Waals surface area contributed by atoms with Gasteiger partial charge in [0.15, 0.2) is 0 Å². The van der Waals surface area contributed by atoms with Crippen LogP contribution in [0.15, 0.2) is 0 Å². The number of hydrogen-bond donors (Lipinski definition) is 0. The molecule has 76 valence electrons. The van der Waals surface area contributed by atoms with Crippen molar-refractivity contribution in [2.24, 2.45) is 11.3 Å². The molecule has 0 aliphatic carbocycles. The third-order valence-electron chi connectivity index (χ3n) is 2.77. The first-order chi connectivity index (χ1) is 6.18. The van der Waals surface area contributed by atoms with Gasteiger partial charge in [-0.05, 0) is 31.6 Å². The zero-order valence-corrected chi connectivity index (χ0v) is 8.71. The van der Waals surface area contributed by atoms with E-state index < -0.39 is 0 Å². The van der Waals surface area contributed by atoms with E-state index in [1.807, 2.05) is 0 Å². The van der Waals surface area contributed by atoms with Crippen LogP contribution in [0.5, 0.6) is 0 Å². The van der Waals surface area contributed by atoms with Gasteiger partial charge in [0.25, 0.3) is 0 Å². The molecule has 0 bridgehead atoms. The first-order valence-electron chi connectivity index (χ1n) is 5.23. The van der Waals surface area contributed by atoms with Crippen LogP contribution in [0.1, 0.15) is 39.5 Å². The van der Waals surface area contributed by atoms with Crippen LogP contribution < -0.4 is 0 Å². The van der Waals surface area contributed by atoms with Crippen LogP contribution in [0.2, 0.25) is 0 Å². The Morgan fingerprint density at radius 2 is 2.15 bits per heavy atom. The maximum atomic E-state index is 11.1. The molecule has 13 heavy (non-hydrogen) atoms. The molecule has 2 nitrogen and oxygen atoms in total. The van der Waals surface area contributed by atoms with E-state index in [1.165, 1.54) is 6.29 Å². The molecule has 1 atom stereocenters. The summed E-state index contributed by atoms with van der Waals surface area (Å²) in [6.07, 6.45) is 5.14. The van der Waals surface area contributed by atoms with Crippen LogP contribution in [-0.2, 0) is 9.53 Å². The normalized spacial score (nSPS) is 30.1. The van der Waals surface area contributed by atoms with Crippen LogP contribution in [-0.4, -0.2) is 19.5 Å². The van der Waals surface area contributed by atoms with Crippen molar-refractivity contribution in [3.63, 3.8) is 0 Å². The number of carbonyl (C=O) groups excluding carboxylic acids is 1. The van der Waals surface area contributed by atoms with Gasteiger partial charge in [0.1, 0.15) is 6.29 Å². The molecule has 0 aromatic heterocycles. The smallest absolute Gasteiger partial charge is 0.126 e. The molecule has 0 N–H and O–H groups in total. The van der Waals surface area contributed by atoms with Crippen molar-refractivity contribution in [1.82, 2.24) is 0 Å². The topological polar surface area (TPSA) is 26.3 Å². The fraction of sp³-hybridized carbons (Fsp3) is 0.909. The number of aldehydes is 1. The van der Waals surface area contributed by atoms with Gasteiger partial charge in [-0.15, -0.1) is 0 Å². The zero-order chi connectivity index (χ0) is 9.73. The molecular weight excluding hydrogens is 164 g/mol. The van der Waals surface area contributed by atoms with E-state index in [2.05, 4.69) is 13.8 Å². The Kier molecular flexibility index (Phi) is 3.91. The summed E-state index contributed by atoms with van der Waals surface area (Å²) in [6, 6.07) is 0. The summed E-state index contributed by atoms with van der Waals surface area (Å²) >= 11 is 0. The van der Waals surface area contributed by atoms with E-state index in [0.29, 0.717) is 5.92 Å². The summed E-state index contributed by atoms with van der Waals surface area (Å²) in [5, 5.41) is 0. The maximum Gasteiger partial charge on any atom is 0.126 e. The van der Waals surface area contributed by atoms with Gasteiger partial charge < -0.3 is 9.53 Å². The van der Waals surface area contributed by atoms with Crippen molar-refractivity contribution < 1.29 is 9.53 Å². The molecule has 1 fully saturated rings. The summed E-state index contributed by atoms with van der Waals surface area (Å²) in [7, 11) is 0. The van der Waals surface area contributed by atoms with Crippen LogP contribution in [0.25, 0.3) is 0 Å². The Labute approximate surface area is 80.7 Å². The molecule has 0 amide bonds. The minimum Gasteiger partial charge on any atom is -0.381 e. The summed E-state index contributed by atoms with van der Waals surface area (Å²) in [5.41, 5.74) is -0.0787. The first kappa shape index (κ1) is 10.7. The minimum atomic E-state index is -0.0787. The largest absolute Gasteiger partial charge is 0.381 e. The van der Waals surface area contributed by atoms with Crippen molar-refractivity contribution in [3.05, 3.63) is 0 Å². The quantitative estimate of drug-likeness (QED) is 0.630. The highest BCUT2D eigenvalue weighted by molar-refractivity contribution is 5.59. The van der Waals surface area contributed by atoms with Crippen LogP contribution >= 0.6 is 0 Å². The molecule has 0 saturated carbocycles. The van der Waals surface area contributed by atoms with Gasteiger partial charge in [0, 0.05) is 18.6 Å². The second kappa shape index (κ2) is 4.75. The van der Waals surface area contributed by atoms with E-state index in [9.17, 15) is 4.79 Å². The Balaban J connectivity index is 2.59. The standard InChI is InChI=1S/C11H20O2/c1-10(2)8-11(9-12)4-3-6-13-7-5-11/h9-10H,3-8H2,1-2H3. The van der Waals surface area contributed by atoms with Crippen molar-refractivity contribution >= 4 is 6.29 Å². The molecule has 1 aliphatic rings. The lowest BCUT2D eigenvalue weighted by Gasteiger charge is -2.27. The van der Waals surface area contributed by atoms with Gasteiger partial charge in [0.05, 0.1) is 0 Å². The minimum absolute atomic E-state index is 0.0787. The van der Waals surface area contributed by atoms with E-state index in [1.54, 1.807) is 0 Å². The van der Waals surface area contributed by atoms with Gasteiger partial charge in [-0.1, -0.05) is 13.8 Å². The lowest BCUT2D eigenvalue weighted by molar-refractivity contribution is -0.117. The fourth-order valence-electron chi connectivity index (χ4n) is 2.21. The molecule has 0 aromatic rings. The second-order valence-electron chi connectivity index (χ2n) is 4.54. The number of hydrogen-bond acceptors (Lipinski definition) is 2. The third kappa shape index (κ3) is 3.11. The molecule has 1 heterocycles. The van der Waals surface area contributed by atoms with Crippen LogP contribution in [0, 0.1) is 11.3 Å². The molecule has 1 rings (SSSR count). The zero-order valence-electron chi connectivity index (χ0n) is 8.71. The molecule has 1 unspecified atom stereocenters. The highest BCUT2D eigenvalue weighted by Gasteiger charge is 2.31. The van der Waals surface area contributed by atoms with Crippen molar-refractivity contribution in [1.29, 1.82) is 0 Å². The molecule has 0 radical (unpaired) electrons. The molecule has 0 aromatic carbocycles.